The number of carbonyl (C=O) groups excluding carboxylic acids is 6. The largest absolute Gasteiger partial charge is 0.483 e. The molecule has 1 N–H and O–H groups in total. The number of nitrogens with one attached hydrogen (secondary N) is 1. The molecule has 3 aliphatic heterocycles. The van der Waals surface area contributed by atoms with Crippen molar-refractivity contribution < 1.29 is 33.5 Å². The van der Waals surface area contributed by atoms with E-state index >= 15 is 0 Å². The van der Waals surface area contributed by atoms with Crippen LogP contribution >= 0.6 is 0 Å². The first-order valence-corrected chi connectivity index (χ1v) is 18.9. The quantitative estimate of drug-likeness (QED) is 0.194. The summed E-state index contributed by atoms with van der Waals surface area (Å²) in [7, 11) is 0. The maximum atomic E-state index is 13.6. The second-order valence-electron chi connectivity index (χ2n) is 14.7. The average molecular weight is 761 g/mol. The van der Waals surface area contributed by atoms with Crippen LogP contribution < -0.4 is 20.5 Å². The molecule has 6 heterocycles. The second kappa shape index (κ2) is 14.7. The molecule has 4 aromatic rings. The van der Waals surface area contributed by atoms with Gasteiger partial charge in [0, 0.05) is 55.9 Å². The number of aryl methyl sites for hydroxylation is 1. The Bertz CT molecular complexity index is 2380. The van der Waals surface area contributed by atoms with E-state index in [1.54, 1.807) is 34.9 Å². The van der Waals surface area contributed by atoms with Crippen LogP contribution in [-0.4, -0.2) is 103 Å². The van der Waals surface area contributed by atoms with E-state index in [4.69, 9.17) is 9.72 Å². The van der Waals surface area contributed by atoms with E-state index in [2.05, 4.69) is 20.2 Å². The number of Topliss-reactive ketones (excluding diaryl/α,β-unsaturated/α-hetero) is 1. The van der Waals surface area contributed by atoms with E-state index in [1.807, 2.05) is 12.1 Å². The highest BCUT2D eigenvalue weighted by molar-refractivity contribution is 6.24. The molecule has 8 rings (SSSR count). The van der Waals surface area contributed by atoms with Crippen molar-refractivity contribution in [2.45, 2.75) is 70.9 Å². The SMILES string of the molecule is CC(=O)c1c(C)c2cnc(Cc3ccc(N4CCN(C(=O)COc5cccc6c5C(=O)N(C5CCC(=O)NC5=O)C6=O)CC4)cn3)nc2n(C2CCCC2)c1=O. The van der Waals surface area contributed by atoms with E-state index < -0.39 is 29.7 Å². The predicted molar refractivity (Wildman–Crippen MR) is 200 cm³/mol. The highest BCUT2D eigenvalue weighted by Crippen LogP contribution is 2.34. The first-order chi connectivity index (χ1) is 27.0. The van der Waals surface area contributed by atoms with Crippen molar-refractivity contribution in [3.63, 3.8) is 0 Å². The molecule has 3 fully saturated rings. The molecule has 3 aromatic heterocycles. The zero-order valence-electron chi connectivity index (χ0n) is 31.1. The number of carbonyl (C=O) groups is 6. The lowest BCUT2D eigenvalue weighted by molar-refractivity contribution is -0.136. The van der Waals surface area contributed by atoms with Crippen LogP contribution in [0.25, 0.3) is 11.0 Å². The number of fused-ring (bicyclic) bond motifs is 2. The van der Waals surface area contributed by atoms with Gasteiger partial charge in [-0.05, 0) is 62.9 Å². The van der Waals surface area contributed by atoms with E-state index in [0.717, 1.165) is 42.0 Å². The van der Waals surface area contributed by atoms with Crippen LogP contribution in [0, 0.1) is 6.92 Å². The summed E-state index contributed by atoms with van der Waals surface area (Å²) in [5, 5.41) is 2.88. The number of aromatic nitrogens is 4. The number of hydrogen-bond acceptors (Lipinski definition) is 12. The van der Waals surface area contributed by atoms with Gasteiger partial charge in [0.1, 0.15) is 23.3 Å². The Morgan fingerprint density at radius 1 is 0.911 bits per heavy atom. The molecule has 56 heavy (non-hydrogen) atoms. The van der Waals surface area contributed by atoms with Crippen molar-refractivity contribution in [1.29, 1.82) is 0 Å². The van der Waals surface area contributed by atoms with Gasteiger partial charge in [-0.3, -0.25) is 53.3 Å². The first kappa shape index (κ1) is 36.6. The van der Waals surface area contributed by atoms with Crippen molar-refractivity contribution in [1.82, 2.24) is 34.6 Å². The molecule has 16 nitrogen and oxygen atoms in total. The Labute approximate surface area is 320 Å². The fraction of sp³-hybridized carbons (Fsp3) is 0.400. The fourth-order valence-electron chi connectivity index (χ4n) is 8.29. The lowest BCUT2D eigenvalue weighted by Crippen LogP contribution is -2.54. The number of piperidine rings is 1. The Kier molecular flexibility index (Phi) is 9.64. The Morgan fingerprint density at radius 3 is 2.38 bits per heavy atom. The van der Waals surface area contributed by atoms with Crippen LogP contribution in [0.5, 0.6) is 5.75 Å². The minimum atomic E-state index is -1.10. The van der Waals surface area contributed by atoms with Crippen molar-refractivity contribution in [3.8, 4) is 5.75 Å². The molecule has 0 spiro atoms. The normalized spacial score (nSPS) is 18.8. The molecule has 1 aromatic carbocycles. The average Bonchev–Trinajstić information content (AvgIpc) is 3.80. The molecule has 0 bridgehead atoms. The molecule has 2 saturated heterocycles. The molecular weight excluding hydrogens is 720 g/mol. The van der Waals surface area contributed by atoms with Gasteiger partial charge in [0.05, 0.1) is 35.0 Å². The van der Waals surface area contributed by atoms with Gasteiger partial charge in [-0.15, -0.1) is 0 Å². The zero-order chi connectivity index (χ0) is 39.2. The Morgan fingerprint density at radius 2 is 1.68 bits per heavy atom. The summed E-state index contributed by atoms with van der Waals surface area (Å²) in [6.07, 6.45) is 7.65. The summed E-state index contributed by atoms with van der Waals surface area (Å²) in [4.78, 5) is 109. The minimum absolute atomic E-state index is 0.00532. The smallest absolute Gasteiger partial charge is 0.266 e. The maximum absolute atomic E-state index is 13.6. The van der Waals surface area contributed by atoms with Crippen molar-refractivity contribution in [3.05, 3.63) is 86.9 Å². The maximum Gasteiger partial charge on any atom is 0.266 e. The summed E-state index contributed by atoms with van der Waals surface area (Å²) >= 11 is 0. The van der Waals surface area contributed by atoms with Gasteiger partial charge < -0.3 is 14.5 Å². The number of ether oxygens (including phenoxy) is 1. The van der Waals surface area contributed by atoms with E-state index in [1.165, 1.54) is 19.1 Å². The van der Waals surface area contributed by atoms with Crippen LogP contribution in [0.2, 0.25) is 0 Å². The van der Waals surface area contributed by atoms with Gasteiger partial charge in [-0.2, -0.15) is 0 Å². The number of nitrogens with zero attached hydrogens (tertiary/aromatic N) is 7. The van der Waals surface area contributed by atoms with Gasteiger partial charge in [0.15, 0.2) is 12.4 Å². The molecule has 1 atom stereocenters. The standard InChI is InChI=1S/C40H40N8O8/c1-22-28-20-42-31(43-36(28)47(25-6-3-4-7-25)39(54)34(22)23(2)49)18-24-10-11-26(19-41-24)45-14-16-46(17-15-45)33(51)21-56-30-9-5-8-27-35(30)40(55)48(38(27)53)29-12-13-32(50)44-37(29)52/h5,8-11,19-20,25,29H,3-4,6-7,12-18,21H2,1-2H3,(H,44,50,52). The minimum Gasteiger partial charge on any atom is -0.483 e. The zero-order valence-corrected chi connectivity index (χ0v) is 31.1. The number of hydrogen-bond donors (Lipinski definition) is 1. The van der Waals surface area contributed by atoms with Crippen LogP contribution in [0.15, 0.2) is 47.5 Å². The monoisotopic (exact) mass is 760 g/mol. The lowest BCUT2D eigenvalue weighted by Gasteiger charge is -2.36. The van der Waals surface area contributed by atoms with Gasteiger partial charge in [0.25, 0.3) is 23.3 Å². The van der Waals surface area contributed by atoms with Crippen LogP contribution in [0.3, 0.4) is 0 Å². The molecule has 0 radical (unpaired) electrons. The summed E-state index contributed by atoms with van der Waals surface area (Å²) < 4.78 is 7.52. The molecule has 1 unspecified atom stereocenters. The van der Waals surface area contributed by atoms with Crippen LogP contribution in [0.1, 0.15) is 99.6 Å². The van der Waals surface area contributed by atoms with E-state index in [-0.39, 0.29) is 65.2 Å². The number of pyridine rings is 2. The Balaban J connectivity index is 0.886. The van der Waals surface area contributed by atoms with E-state index in [0.29, 0.717) is 55.0 Å². The van der Waals surface area contributed by atoms with Crippen molar-refractivity contribution in [2.24, 2.45) is 0 Å². The summed E-state index contributed by atoms with van der Waals surface area (Å²) in [6, 6.07) is 7.29. The number of anilines is 1. The van der Waals surface area contributed by atoms with Gasteiger partial charge in [0.2, 0.25) is 11.8 Å². The molecular formula is C40H40N8O8. The summed E-state index contributed by atoms with van der Waals surface area (Å²) in [6.45, 7) is 4.80. The highest BCUT2D eigenvalue weighted by Gasteiger charge is 2.46. The number of ketones is 1. The summed E-state index contributed by atoms with van der Waals surface area (Å²) in [5.41, 5.74) is 2.77. The molecule has 288 valence electrons. The third-order valence-electron chi connectivity index (χ3n) is 11.2. The van der Waals surface area contributed by atoms with Crippen molar-refractivity contribution >= 4 is 52.0 Å². The third-order valence-corrected chi connectivity index (χ3v) is 11.2. The fourth-order valence-corrected chi connectivity index (χ4v) is 8.29. The molecule has 1 saturated carbocycles. The number of imide groups is 2. The first-order valence-electron chi connectivity index (χ1n) is 18.9. The summed E-state index contributed by atoms with van der Waals surface area (Å²) in [5.74, 6) is -2.46. The molecule has 16 heteroatoms. The highest BCUT2D eigenvalue weighted by atomic mass is 16.5. The second-order valence-corrected chi connectivity index (χ2v) is 14.7. The topological polar surface area (TPSA) is 194 Å². The third kappa shape index (κ3) is 6.58. The molecule has 4 aliphatic rings. The van der Waals surface area contributed by atoms with Crippen molar-refractivity contribution in [2.75, 3.05) is 37.7 Å². The number of amides is 5. The number of rotatable bonds is 9. The number of benzene rings is 1. The van der Waals surface area contributed by atoms with E-state index in [9.17, 15) is 33.6 Å². The number of piperazine rings is 1. The van der Waals surface area contributed by atoms with Gasteiger partial charge in [-0.25, -0.2) is 9.97 Å². The van der Waals surface area contributed by atoms with Crippen LogP contribution in [-0.2, 0) is 20.8 Å². The predicted octanol–water partition coefficient (Wildman–Crippen LogP) is 2.53. The Hall–Kier alpha value is -6.32. The molecule has 1 aliphatic carbocycles. The van der Waals surface area contributed by atoms with Crippen LogP contribution in [0.4, 0.5) is 5.69 Å². The lowest BCUT2D eigenvalue weighted by atomic mass is 10.0. The van der Waals surface area contributed by atoms with Gasteiger partial charge >= 0.3 is 0 Å². The van der Waals surface area contributed by atoms with Gasteiger partial charge in [-0.1, -0.05) is 18.9 Å². The molecule has 5 amide bonds.